The van der Waals surface area contributed by atoms with Crippen molar-refractivity contribution in [3.63, 3.8) is 0 Å². The van der Waals surface area contributed by atoms with Crippen LogP contribution >= 0.6 is 0 Å². The largest absolute Gasteiger partial charge is 0.507 e. The summed E-state index contributed by atoms with van der Waals surface area (Å²) in [6.07, 6.45) is 0.813. The van der Waals surface area contributed by atoms with Crippen molar-refractivity contribution in [3.05, 3.63) is 35.9 Å². The van der Waals surface area contributed by atoms with Crippen LogP contribution in [0.25, 0.3) is 5.76 Å². The molecule has 0 saturated carbocycles. The van der Waals surface area contributed by atoms with Crippen LogP contribution in [-0.2, 0) is 14.3 Å². The third-order valence-electron chi connectivity index (χ3n) is 2.04. The van der Waals surface area contributed by atoms with Crippen molar-refractivity contribution in [1.82, 2.24) is 0 Å². The van der Waals surface area contributed by atoms with Gasteiger partial charge in [-0.1, -0.05) is 0 Å². The fourth-order valence-corrected chi connectivity index (χ4v) is 1.13. The summed E-state index contributed by atoms with van der Waals surface area (Å²) in [6, 6.07) is 6.38. The van der Waals surface area contributed by atoms with Gasteiger partial charge in [-0.2, -0.15) is 0 Å². The van der Waals surface area contributed by atoms with Gasteiger partial charge in [0.05, 0.1) is 14.2 Å². The molecule has 0 spiro atoms. The van der Waals surface area contributed by atoms with E-state index in [0.29, 0.717) is 11.3 Å². The first-order valence-electron chi connectivity index (χ1n) is 4.76. The maximum Gasteiger partial charge on any atom is 0.378 e. The number of hydrogen-bond donors (Lipinski definition) is 1. The average Bonchev–Trinajstić information content (AvgIpc) is 2.37. The van der Waals surface area contributed by atoms with E-state index in [1.807, 2.05) is 0 Å². The van der Waals surface area contributed by atoms with E-state index in [-0.39, 0.29) is 5.76 Å². The quantitative estimate of drug-likeness (QED) is 0.369. The van der Waals surface area contributed by atoms with Crippen molar-refractivity contribution in [2.75, 3.05) is 14.2 Å². The van der Waals surface area contributed by atoms with Gasteiger partial charge >= 0.3 is 5.97 Å². The van der Waals surface area contributed by atoms with Gasteiger partial charge in [0.2, 0.25) is 0 Å². The van der Waals surface area contributed by atoms with Crippen LogP contribution in [0, 0.1) is 0 Å². The van der Waals surface area contributed by atoms with Gasteiger partial charge in [0.1, 0.15) is 11.5 Å². The lowest BCUT2D eigenvalue weighted by molar-refractivity contribution is -0.149. The van der Waals surface area contributed by atoms with Gasteiger partial charge in [-0.25, -0.2) is 4.79 Å². The van der Waals surface area contributed by atoms with Crippen molar-refractivity contribution in [2.24, 2.45) is 0 Å². The van der Waals surface area contributed by atoms with Crippen LogP contribution in [0.15, 0.2) is 30.3 Å². The van der Waals surface area contributed by atoms with Crippen LogP contribution in [0.3, 0.4) is 0 Å². The lowest BCUT2D eigenvalue weighted by Gasteiger charge is -2.02. The van der Waals surface area contributed by atoms with E-state index >= 15 is 0 Å². The standard InChI is InChI=1S/C12H12O5/c1-16-9-5-3-8(4-6-9)10(13)7-11(14)12(15)17-2/h3-7,13H,1-2H3. The Balaban J connectivity index is 2.88. The highest BCUT2D eigenvalue weighted by molar-refractivity contribution is 6.39. The summed E-state index contributed by atoms with van der Waals surface area (Å²) in [5.74, 6) is -1.62. The van der Waals surface area contributed by atoms with E-state index in [9.17, 15) is 14.7 Å². The molecule has 0 bridgehead atoms. The summed E-state index contributed by atoms with van der Waals surface area (Å²) < 4.78 is 9.16. The second-order valence-corrected chi connectivity index (χ2v) is 3.11. The minimum atomic E-state index is -1.02. The molecule has 0 radical (unpaired) electrons. The highest BCUT2D eigenvalue weighted by Gasteiger charge is 2.12. The number of ether oxygens (including phenoxy) is 2. The Morgan fingerprint density at radius 2 is 1.76 bits per heavy atom. The molecule has 90 valence electrons. The summed E-state index contributed by atoms with van der Waals surface area (Å²) in [5, 5.41) is 9.59. The Bertz CT molecular complexity index is 444. The maximum atomic E-state index is 11.1. The predicted octanol–water partition coefficient (Wildman–Crippen LogP) is 1.34. The van der Waals surface area contributed by atoms with Gasteiger partial charge in [-0.05, 0) is 24.3 Å². The normalized spacial score (nSPS) is 10.8. The van der Waals surface area contributed by atoms with Gasteiger partial charge in [-0.15, -0.1) is 0 Å². The van der Waals surface area contributed by atoms with Crippen LogP contribution in [0.4, 0.5) is 0 Å². The van der Waals surface area contributed by atoms with E-state index in [1.165, 1.54) is 7.11 Å². The molecule has 1 rings (SSSR count). The number of esters is 1. The minimum Gasteiger partial charge on any atom is -0.507 e. The Kier molecular flexibility index (Phi) is 4.28. The van der Waals surface area contributed by atoms with Gasteiger partial charge in [0.25, 0.3) is 5.78 Å². The summed E-state index contributed by atoms with van der Waals surface area (Å²) in [7, 11) is 2.62. The third-order valence-corrected chi connectivity index (χ3v) is 2.04. The monoisotopic (exact) mass is 236 g/mol. The number of benzene rings is 1. The fourth-order valence-electron chi connectivity index (χ4n) is 1.13. The maximum absolute atomic E-state index is 11.1. The number of carbonyl (C=O) groups is 2. The highest BCUT2D eigenvalue weighted by atomic mass is 16.5. The summed E-state index contributed by atoms with van der Waals surface area (Å²) in [5.41, 5.74) is 0.406. The van der Waals surface area contributed by atoms with E-state index in [2.05, 4.69) is 4.74 Å². The second kappa shape index (κ2) is 5.69. The van der Waals surface area contributed by atoms with Crippen molar-refractivity contribution < 1.29 is 24.2 Å². The number of aliphatic hydroxyl groups excluding tert-OH is 1. The number of methoxy groups -OCH3 is 2. The van der Waals surface area contributed by atoms with Gasteiger partial charge in [-0.3, -0.25) is 4.79 Å². The molecule has 0 aliphatic rings. The predicted molar refractivity (Wildman–Crippen MR) is 60.6 cm³/mol. The molecular weight excluding hydrogens is 224 g/mol. The SMILES string of the molecule is COC(=O)C(=O)C=C(O)c1ccc(OC)cc1. The molecule has 5 nitrogen and oxygen atoms in total. The zero-order valence-electron chi connectivity index (χ0n) is 9.47. The summed E-state index contributed by atoms with van der Waals surface area (Å²) in [4.78, 5) is 22.0. The van der Waals surface area contributed by atoms with E-state index in [0.717, 1.165) is 13.2 Å². The van der Waals surface area contributed by atoms with Crippen molar-refractivity contribution in [1.29, 1.82) is 0 Å². The van der Waals surface area contributed by atoms with Crippen LogP contribution in [0.1, 0.15) is 5.56 Å². The van der Waals surface area contributed by atoms with Crippen molar-refractivity contribution in [2.45, 2.75) is 0 Å². The van der Waals surface area contributed by atoms with E-state index in [4.69, 9.17) is 4.74 Å². The Morgan fingerprint density at radius 3 is 2.24 bits per heavy atom. The van der Waals surface area contributed by atoms with Gasteiger partial charge in [0.15, 0.2) is 0 Å². The summed E-state index contributed by atoms with van der Waals surface area (Å²) >= 11 is 0. The second-order valence-electron chi connectivity index (χ2n) is 3.11. The molecule has 17 heavy (non-hydrogen) atoms. The number of hydrogen-bond acceptors (Lipinski definition) is 5. The molecule has 1 aromatic rings. The molecule has 1 aromatic carbocycles. The first kappa shape index (κ1) is 12.8. The van der Waals surface area contributed by atoms with Gasteiger partial charge < -0.3 is 14.6 Å². The number of carbonyl (C=O) groups excluding carboxylic acids is 2. The zero-order chi connectivity index (χ0) is 12.8. The minimum absolute atomic E-state index is 0.303. The Hall–Kier alpha value is -2.30. The highest BCUT2D eigenvalue weighted by Crippen LogP contribution is 2.16. The molecule has 0 saturated heterocycles. The van der Waals surface area contributed by atoms with E-state index < -0.39 is 11.8 Å². The summed E-state index contributed by atoms with van der Waals surface area (Å²) in [6.45, 7) is 0. The first-order valence-corrected chi connectivity index (χ1v) is 4.76. The lowest BCUT2D eigenvalue weighted by atomic mass is 10.1. The molecule has 5 heteroatoms. The average molecular weight is 236 g/mol. The Labute approximate surface area is 98.3 Å². The van der Waals surface area contributed by atoms with Crippen molar-refractivity contribution >= 4 is 17.5 Å². The van der Waals surface area contributed by atoms with Crippen LogP contribution in [0.5, 0.6) is 5.75 Å². The fraction of sp³-hybridized carbons (Fsp3) is 0.167. The number of ketones is 1. The van der Waals surface area contributed by atoms with Crippen LogP contribution in [-0.4, -0.2) is 31.1 Å². The molecular formula is C12H12O5. The smallest absolute Gasteiger partial charge is 0.378 e. The molecule has 0 fully saturated rings. The topological polar surface area (TPSA) is 72.8 Å². The van der Waals surface area contributed by atoms with E-state index in [1.54, 1.807) is 24.3 Å². The van der Waals surface area contributed by atoms with Crippen LogP contribution in [0.2, 0.25) is 0 Å². The first-order chi connectivity index (χ1) is 8.08. The Morgan fingerprint density at radius 1 is 1.18 bits per heavy atom. The number of aliphatic hydroxyl groups is 1. The molecule has 0 amide bonds. The van der Waals surface area contributed by atoms with Gasteiger partial charge in [0, 0.05) is 11.6 Å². The molecule has 0 aliphatic carbocycles. The van der Waals surface area contributed by atoms with Crippen molar-refractivity contribution in [3.8, 4) is 5.75 Å². The third kappa shape index (κ3) is 3.34. The molecule has 0 aromatic heterocycles. The van der Waals surface area contributed by atoms with Crippen LogP contribution < -0.4 is 4.74 Å². The molecule has 1 N–H and O–H groups in total. The molecule has 0 unspecified atom stereocenters. The molecule has 0 heterocycles. The molecule has 0 aliphatic heterocycles. The molecule has 0 atom stereocenters. The zero-order valence-corrected chi connectivity index (χ0v) is 9.47. The number of rotatable bonds is 4. The lowest BCUT2D eigenvalue weighted by Crippen LogP contribution is -2.13.